The van der Waals surface area contributed by atoms with Crippen molar-refractivity contribution in [3.63, 3.8) is 0 Å². The van der Waals surface area contributed by atoms with Gasteiger partial charge in [0.15, 0.2) is 0 Å². The van der Waals surface area contributed by atoms with Crippen molar-refractivity contribution in [2.75, 3.05) is 0 Å². The van der Waals surface area contributed by atoms with Crippen LogP contribution in [0.5, 0.6) is 0 Å². The first-order valence-electron chi connectivity index (χ1n) is 7.90. The van der Waals surface area contributed by atoms with Crippen LogP contribution >= 0.6 is 0 Å². The van der Waals surface area contributed by atoms with Gasteiger partial charge in [-0.25, -0.2) is 0 Å². The summed E-state index contributed by atoms with van der Waals surface area (Å²) in [4.78, 5) is 27.8. The fourth-order valence-electron chi connectivity index (χ4n) is 2.41. The molecule has 0 unspecified atom stereocenters. The van der Waals surface area contributed by atoms with Gasteiger partial charge in [0.2, 0.25) is 5.91 Å². The van der Waals surface area contributed by atoms with Crippen LogP contribution in [0, 0.1) is 19.8 Å². The fourth-order valence-corrected chi connectivity index (χ4v) is 2.41. The molecule has 0 bridgehead atoms. The Morgan fingerprint density at radius 1 is 1.25 bits per heavy atom. The van der Waals surface area contributed by atoms with Gasteiger partial charge in [-0.3, -0.25) is 30.1 Å². The van der Waals surface area contributed by atoms with Gasteiger partial charge in [0.05, 0.1) is 17.7 Å². The molecule has 7 heteroatoms. The zero-order valence-corrected chi connectivity index (χ0v) is 14.5. The van der Waals surface area contributed by atoms with E-state index >= 15 is 0 Å². The topological polar surface area (TPSA) is 88.9 Å². The highest BCUT2D eigenvalue weighted by Crippen LogP contribution is 2.15. The average Bonchev–Trinajstić information content (AvgIpc) is 2.80. The van der Waals surface area contributed by atoms with Crippen molar-refractivity contribution in [3.05, 3.63) is 47.0 Å². The Kier molecular flexibility index (Phi) is 5.68. The standard InChI is InChI=1S/C17H23N5O2/c1-11(2)10-22-13(4)15(12(3)21-22)8-16(23)19-20-17(24)14-6-5-7-18-9-14/h5-7,9,11H,8,10H2,1-4H3,(H,19,23)(H,20,24). The second-order valence-corrected chi connectivity index (χ2v) is 6.15. The van der Waals surface area contributed by atoms with Gasteiger partial charge in [-0.2, -0.15) is 5.10 Å². The zero-order valence-electron chi connectivity index (χ0n) is 14.5. The lowest BCUT2D eigenvalue weighted by molar-refractivity contribution is -0.121. The van der Waals surface area contributed by atoms with Crippen LogP contribution in [0.4, 0.5) is 0 Å². The first kappa shape index (κ1) is 17.7. The van der Waals surface area contributed by atoms with E-state index in [9.17, 15) is 9.59 Å². The summed E-state index contributed by atoms with van der Waals surface area (Å²) in [5.41, 5.74) is 7.91. The summed E-state index contributed by atoms with van der Waals surface area (Å²) >= 11 is 0. The molecule has 0 atom stereocenters. The van der Waals surface area contributed by atoms with Crippen molar-refractivity contribution >= 4 is 11.8 Å². The van der Waals surface area contributed by atoms with Crippen molar-refractivity contribution < 1.29 is 9.59 Å². The Balaban J connectivity index is 1.95. The first-order chi connectivity index (χ1) is 11.4. The summed E-state index contributed by atoms with van der Waals surface area (Å²) in [5.74, 6) is -0.216. The number of pyridine rings is 1. The van der Waals surface area contributed by atoms with E-state index in [-0.39, 0.29) is 12.3 Å². The number of carbonyl (C=O) groups excluding carboxylic acids is 2. The minimum atomic E-state index is -0.402. The van der Waals surface area contributed by atoms with Crippen LogP contribution in [0.2, 0.25) is 0 Å². The third kappa shape index (κ3) is 4.41. The monoisotopic (exact) mass is 329 g/mol. The maximum absolute atomic E-state index is 12.1. The highest BCUT2D eigenvalue weighted by atomic mass is 16.2. The summed E-state index contributed by atoms with van der Waals surface area (Å²) in [5, 5.41) is 4.49. The predicted octanol–water partition coefficient (Wildman–Crippen LogP) is 1.55. The molecule has 0 spiro atoms. The number of hydrazine groups is 1. The molecule has 0 aliphatic rings. The summed E-state index contributed by atoms with van der Waals surface area (Å²) in [6.07, 6.45) is 3.19. The Hall–Kier alpha value is -2.70. The number of hydrogen-bond acceptors (Lipinski definition) is 4. The Labute approximate surface area is 141 Å². The minimum Gasteiger partial charge on any atom is -0.273 e. The van der Waals surface area contributed by atoms with Crippen molar-refractivity contribution in [1.29, 1.82) is 0 Å². The predicted molar refractivity (Wildman–Crippen MR) is 90.1 cm³/mol. The molecule has 2 rings (SSSR count). The van der Waals surface area contributed by atoms with Crippen LogP contribution in [0.1, 0.15) is 41.2 Å². The van der Waals surface area contributed by atoms with Gasteiger partial charge in [0.25, 0.3) is 5.91 Å². The molecule has 0 fully saturated rings. The van der Waals surface area contributed by atoms with E-state index < -0.39 is 5.91 Å². The normalized spacial score (nSPS) is 10.7. The van der Waals surface area contributed by atoms with E-state index in [0.717, 1.165) is 23.5 Å². The molecule has 2 N–H and O–H groups in total. The van der Waals surface area contributed by atoms with Crippen molar-refractivity contribution in [2.45, 2.75) is 40.7 Å². The number of aryl methyl sites for hydroxylation is 1. The van der Waals surface area contributed by atoms with Gasteiger partial charge in [-0.15, -0.1) is 0 Å². The van der Waals surface area contributed by atoms with Gasteiger partial charge in [0, 0.05) is 30.2 Å². The molecular formula is C17H23N5O2. The first-order valence-corrected chi connectivity index (χ1v) is 7.90. The number of nitrogens with zero attached hydrogens (tertiary/aromatic N) is 3. The SMILES string of the molecule is Cc1nn(CC(C)C)c(C)c1CC(=O)NNC(=O)c1cccnc1. The lowest BCUT2D eigenvalue weighted by Crippen LogP contribution is -2.42. The van der Waals surface area contributed by atoms with Gasteiger partial charge < -0.3 is 0 Å². The number of carbonyl (C=O) groups is 2. The number of nitrogens with one attached hydrogen (secondary N) is 2. The lowest BCUT2D eigenvalue weighted by Gasteiger charge is -2.09. The van der Waals surface area contributed by atoms with Crippen LogP contribution in [-0.4, -0.2) is 26.6 Å². The van der Waals surface area contributed by atoms with Crippen molar-refractivity contribution in [2.24, 2.45) is 5.92 Å². The minimum absolute atomic E-state index is 0.170. The van der Waals surface area contributed by atoms with E-state index in [4.69, 9.17) is 0 Å². The number of amides is 2. The molecular weight excluding hydrogens is 306 g/mol. The highest BCUT2D eigenvalue weighted by molar-refractivity contribution is 5.95. The molecule has 7 nitrogen and oxygen atoms in total. The maximum atomic E-state index is 12.1. The van der Waals surface area contributed by atoms with Crippen LogP contribution in [0.15, 0.2) is 24.5 Å². The van der Waals surface area contributed by atoms with Crippen LogP contribution in [0.3, 0.4) is 0 Å². The number of rotatable bonds is 5. The molecule has 2 aromatic rings. The Bertz CT molecular complexity index is 722. The van der Waals surface area contributed by atoms with E-state index in [1.165, 1.54) is 6.20 Å². The maximum Gasteiger partial charge on any atom is 0.271 e. The number of hydrogen-bond donors (Lipinski definition) is 2. The van der Waals surface area contributed by atoms with Crippen molar-refractivity contribution in [3.8, 4) is 0 Å². The van der Waals surface area contributed by atoms with Crippen LogP contribution in [-0.2, 0) is 17.8 Å². The summed E-state index contributed by atoms with van der Waals surface area (Å²) in [6.45, 7) is 8.90. The summed E-state index contributed by atoms with van der Waals surface area (Å²) in [6, 6.07) is 3.28. The third-order valence-electron chi connectivity index (χ3n) is 3.65. The highest BCUT2D eigenvalue weighted by Gasteiger charge is 2.16. The van der Waals surface area contributed by atoms with Crippen LogP contribution < -0.4 is 10.9 Å². The lowest BCUT2D eigenvalue weighted by atomic mass is 10.1. The second-order valence-electron chi connectivity index (χ2n) is 6.15. The van der Waals surface area contributed by atoms with E-state index in [1.54, 1.807) is 18.3 Å². The number of aromatic nitrogens is 3. The molecule has 0 aliphatic heterocycles. The van der Waals surface area contributed by atoms with Crippen LogP contribution in [0.25, 0.3) is 0 Å². The smallest absolute Gasteiger partial charge is 0.271 e. The van der Waals surface area contributed by atoms with E-state index in [2.05, 4.69) is 34.8 Å². The van der Waals surface area contributed by atoms with Gasteiger partial charge >= 0.3 is 0 Å². The molecule has 2 aromatic heterocycles. The average molecular weight is 329 g/mol. The molecule has 2 amide bonds. The summed E-state index contributed by atoms with van der Waals surface area (Å²) < 4.78 is 1.93. The Morgan fingerprint density at radius 3 is 2.62 bits per heavy atom. The van der Waals surface area contributed by atoms with E-state index in [1.807, 2.05) is 18.5 Å². The molecule has 0 radical (unpaired) electrons. The van der Waals surface area contributed by atoms with Crippen molar-refractivity contribution in [1.82, 2.24) is 25.6 Å². The molecule has 0 aromatic carbocycles. The summed E-state index contributed by atoms with van der Waals surface area (Å²) in [7, 11) is 0. The van der Waals surface area contributed by atoms with Gasteiger partial charge in [0.1, 0.15) is 0 Å². The second kappa shape index (κ2) is 7.72. The fraction of sp³-hybridized carbons (Fsp3) is 0.412. The zero-order chi connectivity index (χ0) is 17.7. The largest absolute Gasteiger partial charge is 0.273 e. The van der Waals surface area contributed by atoms with E-state index in [0.29, 0.717) is 11.5 Å². The molecule has 2 heterocycles. The quantitative estimate of drug-likeness (QED) is 0.815. The molecule has 24 heavy (non-hydrogen) atoms. The molecule has 0 aliphatic carbocycles. The molecule has 128 valence electrons. The Morgan fingerprint density at radius 2 is 2.00 bits per heavy atom. The molecule has 0 saturated heterocycles. The third-order valence-corrected chi connectivity index (χ3v) is 3.65. The van der Waals surface area contributed by atoms with Gasteiger partial charge in [-0.1, -0.05) is 13.8 Å². The molecule has 0 saturated carbocycles. The van der Waals surface area contributed by atoms with Gasteiger partial charge in [-0.05, 0) is 31.9 Å².